The van der Waals surface area contributed by atoms with E-state index in [9.17, 15) is 18.3 Å². The van der Waals surface area contributed by atoms with E-state index in [4.69, 9.17) is 0 Å². The van der Waals surface area contributed by atoms with Crippen LogP contribution in [0.4, 0.5) is 24.5 Å². The molecule has 0 radical (unpaired) electrons. The minimum absolute atomic E-state index is 0.0451. The predicted octanol–water partition coefficient (Wildman–Crippen LogP) is 6.36. The van der Waals surface area contributed by atoms with Crippen LogP contribution in [0, 0.1) is 0 Å². The molecule has 0 spiro atoms. The van der Waals surface area contributed by atoms with Crippen molar-refractivity contribution in [3.8, 4) is 5.88 Å². The van der Waals surface area contributed by atoms with E-state index in [-0.39, 0.29) is 23.3 Å². The summed E-state index contributed by atoms with van der Waals surface area (Å²) >= 11 is 0. The van der Waals surface area contributed by atoms with Crippen LogP contribution in [0.1, 0.15) is 25.5 Å². The summed E-state index contributed by atoms with van der Waals surface area (Å²) in [4.78, 5) is 0. The van der Waals surface area contributed by atoms with Crippen LogP contribution >= 0.6 is 0 Å². The number of aromatic hydroxyl groups is 1. The molecule has 0 saturated carbocycles. The van der Waals surface area contributed by atoms with Crippen molar-refractivity contribution in [3.63, 3.8) is 0 Å². The van der Waals surface area contributed by atoms with E-state index in [0.717, 1.165) is 11.6 Å². The third kappa shape index (κ3) is 3.09. The Bertz CT molecular complexity index is 942. The lowest BCUT2D eigenvalue weighted by Gasteiger charge is -2.10. The van der Waals surface area contributed by atoms with Gasteiger partial charge in [-0.25, -0.2) is 0 Å². The minimum atomic E-state index is -4.52. The molecule has 2 aromatic carbocycles. The zero-order valence-electron chi connectivity index (χ0n) is 13.6. The SMILES string of the molecule is CC(C)n1c(O)c(N=Nc2ccccc2C(F)(F)F)c2ccccc21. The van der Waals surface area contributed by atoms with E-state index in [1.165, 1.54) is 18.2 Å². The molecule has 0 fully saturated rings. The molecule has 7 heteroatoms. The standard InChI is InChI=1S/C18H16F3N3O/c1-11(2)24-15-10-6-3-7-12(15)16(17(24)25)23-22-14-9-5-4-8-13(14)18(19,20)21/h3-11,25H,1-2H3. The number of rotatable bonds is 3. The molecule has 0 unspecified atom stereocenters. The number of hydrogen-bond donors (Lipinski definition) is 1. The molecule has 0 aliphatic heterocycles. The van der Waals surface area contributed by atoms with Gasteiger partial charge in [0.1, 0.15) is 0 Å². The molecule has 130 valence electrons. The monoisotopic (exact) mass is 347 g/mol. The van der Waals surface area contributed by atoms with E-state index in [2.05, 4.69) is 10.2 Å². The Labute approximate surface area is 142 Å². The molecular weight excluding hydrogens is 331 g/mol. The second-order valence-corrected chi connectivity index (χ2v) is 5.87. The van der Waals surface area contributed by atoms with Crippen LogP contribution in [0.5, 0.6) is 5.88 Å². The van der Waals surface area contributed by atoms with Gasteiger partial charge in [0, 0.05) is 11.4 Å². The summed E-state index contributed by atoms with van der Waals surface area (Å²) in [5.41, 5.74) is -0.268. The van der Waals surface area contributed by atoms with Crippen molar-refractivity contribution >= 4 is 22.3 Å². The summed E-state index contributed by atoms with van der Waals surface area (Å²) < 4.78 is 40.8. The first-order chi connectivity index (χ1) is 11.8. The average Bonchev–Trinajstić information content (AvgIpc) is 2.84. The summed E-state index contributed by atoms with van der Waals surface area (Å²) in [6.45, 7) is 3.79. The second kappa shape index (κ2) is 6.23. The summed E-state index contributed by atoms with van der Waals surface area (Å²) in [6.07, 6.45) is -4.52. The molecule has 1 aromatic heterocycles. The highest BCUT2D eigenvalue weighted by atomic mass is 19.4. The molecule has 0 aliphatic carbocycles. The van der Waals surface area contributed by atoms with Gasteiger partial charge in [0.2, 0.25) is 5.88 Å². The molecule has 25 heavy (non-hydrogen) atoms. The normalized spacial score (nSPS) is 12.6. The lowest BCUT2D eigenvalue weighted by Crippen LogP contribution is -2.04. The van der Waals surface area contributed by atoms with Gasteiger partial charge in [-0.15, -0.1) is 10.2 Å². The van der Waals surface area contributed by atoms with Gasteiger partial charge < -0.3 is 9.67 Å². The smallest absolute Gasteiger partial charge is 0.418 e. The molecular formula is C18H16F3N3O. The predicted molar refractivity (Wildman–Crippen MR) is 89.6 cm³/mol. The fourth-order valence-corrected chi connectivity index (χ4v) is 2.76. The third-order valence-corrected chi connectivity index (χ3v) is 3.84. The van der Waals surface area contributed by atoms with Crippen molar-refractivity contribution in [3.05, 3.63) is 54.1 Å². The Morgan fingerprint density at radius 3 is 2.28 bits per heavy atom. The third-order valence-electron chi connectivity index (χ3n) is 3.84. The number of azo groups is 1. The van der Waals surface area contributed by atoms with Crippen LogP contribution in [-0.2, 0) is 6.18 Å². The number of alkyl halides is 3. The van der Waals surface area contributed by atoms with E-state index < -0.39 is 11.7 Å². The number of benzene rings is 2. The minimum Gasteiger partial charge on any atom is -0.493 e. The number of aromatic nitrogens is 1. The maximum Gasteiger partial charge on any atom is 0.418 e. The summed E-state index contributed by atoms with van der Waals surface area (Å²) in [6, 6.07) is 12.1. The first-order valence-electron chi connectivity index (χ1n) is 7.70. The molecule has 4 nitrogen and oxygen atoms in total. The highest BCUT2D eigenvalue weighted by Gasteiger charge is 2.33. The van der Waals surface area contributed by atoms with Gasteiger partial charge >= 0.3 is 6.18 Å². The Morgan fingerprint density at radius 1 is 0.960 bits per heavy atom. The number of fused-ring (bicyclic) bond motifs is 1. The Balaban J connectivity index is 2.14. The fraction of sp³-hybridized carbons (Fsp3) is 0.222. The maximum atomic E-state index is 13.1. The molecule has 0 atom stereocenters. The van der Waals surface area contributed by atoms with Gasteiger partial charge in [-0.1, -0.05) is 30.3 Å². The van der Waals surface area contributed by atoms with Gasteiger partial charge in [0.25, 0.3) is 0 Å². The number of halogens is 3. The number of hydrogen-bond acceptors (Lipinski definition) is 3. The average molecular weight is 347 g/mol. The van der Waals surface area contributed by atoms with Crippen molar-refractivity contribution in [1.29, 1.82) is 0 Å². The topological polar surface area (TPSA) is 49.9 Å². The van der Waals surface area contributed by atoms with E-state index >= 15 is 0 Å². The molecule has 1 N–H and O–H groups in total. The maximum absolute atomic E-state index is 13.1. The van der Waals surface area contributed by atoms with Crippen LogP contribution in [-0.4, -0.2) is 9.67 Å². The van der Waals surface area contributed by atoms with Gasteiger partial charge in [0.05, 0.1) is 16.8 Å². The molecule has 1 heterocycles. The molecule has 0 amide bonds. The van der Waals surface area contributed by atoms with Gasteiger partial charge in [-0.05, 0) is 32.0 Å². The van der Waals surface area contributed by atoms with Crippen molar-refractivity contribution in [2.45, 2.75) is 26.1 Å². The van der Waals surface area contributed by atoms with Crippen LogP contribution in [0.15, 0.2) is 58.8 Å². The van der Waals surface area contributed by atoms with Gasteiger partial charge in [-0.2, -0.15) is 13.2 Å². The Hall–Kier alpha value is -2.83. The van der Waals surface area contributed by atoms with Gasteiger partial charge in [0.15, 0.2) is 5.69 Å². The molecule has 3 aromatic rings. The summed E-state index contributed by atoms with van der Waals surface area (Å²) in [7, 11) is 0. The quantitative estimate of drug-likeness (QED) is 0.550. The van der Waals surface area contributed by atoms with Crippen LogP contribution in [0.3, 0.4) is 0 Å². The number of para-hydroxylation sites is 1. The van der Waals surface area contributed by atoms with E-state index in [1.807, 2.05) is 26.0 Å². The molecule has 3 rings (SSSR count). The van der Waals surface area contributed by atoms with Crippen LogP contribution in [0.2, 0.25) is 0 Å². The lowest BCUT2D eigenvalue weighted by molar-refractivity contribution is -0.137. The van der Waals surface area contributed by atoms with Crippen LogP contribution < -0.4 is 0 Å². The second-order valence-electron chi connectivity index (χ2n) is 5.87. The number of nitrogens with zero attached hydrogens (tertiary/aromatic N) is 3. The van der Waals surface area contributed by atoms with Gasteiger partial charge in [-0.3, -0.25) is 0 Å². The van der Waals surface area contributed by atoms with Crippen molar-refractivity contribution < 1.29 is 18.3 Å². The van der Waals surface area contributed by atoms with Crippen molar-refractivity contribution in [2.24, 2.45) is 10.2 Å². The first kappa shape index (κ1) is 17.0. The first-order valence-corrected chi connectivity index (χ1v) is 7.70. The largest absolute Gasteiger partial charge is 0.493 e. The fourth-order valence-electron chi connectivity index (χ4n) is 2.76. The Kier molecular flexibility index (Phi) is 4.24. The lowest BCUT2D eigenvalue weighted by atomic mass is 10.2. The zero-order chi connectivity index (χ0) is 18.2. The summed E-state index contributed by atoms with van der Waals surface area (Å²) in [5, 5.41) is 18.8. The van der Waals surface area contributed by atoms with Crippen LogP contribution in [0.25, 0.3) is 10.9 Å². The molecule has 0 bridgehead atoms. The zero-order valence-corrected chi connectivity index (χ0v) is 13.6. The van der Waals surface area contributed by atoms with Crippen molar-refractivity contribution in [2.75, 3.05) is 0 Å². The molecule has 0 aliphatic rings. The van der Waals surface area contributed by atoms with E-state index in [1.54, 1.807) is 16.7 Å². The van der Waals surface area contributed by atoms with Crippen molar-refractivity contribution in [1.82, 2.24) is 4.57 Å². The Morgan fingerprint density at radius 2 is 1.60 bits per heavy atom. The molecule has 0 saturated heterocycles. The highest BCUT2D eigenvalue weighted by Crippen LogP contribution is 2.42. The summed E-state index contributed by atoms with van der Waals surface area (Å²) in [5.74, 6) is -0.121. The van der Waals surface area contributed by atoms with E-state index in [0.29, 0.717) is 5.39 Å². The highest BCUT2D eigenvalue weighted by molar-refractivity contribution is 5.95.